The van der Waals surface area contributed by atoms with Crippen LogP contribution in [0.2, 0.25) is 5.02 Å². The molecule has 0 spiro atoms. The van der Waals surface area contributed by atoms with Crippen LogP contribution in [0.1, 0.15) is 62.8 Å². The van der Waals surface area contributed by atoms with Gasteiger partial charge in [0.15, 0.2) is 11.5 Å². The van der Waals surface area contributed by atoms with E-state index in [9.17, 15) is 4.79 Å². The number of para-hydroxylation sites is 1. The van der Waals surface area contributed by atoms with Crippen molar-refractivity contribution in [2.75, 3.05) is 18.4 Å². The first kappa shape index (κ1) is 35.9. The second-order valence-electron chi connectivity index (χ2n) is 15.3. The van der Waals surface area contributed by atoms with Gasteiger partial charge in [-0.2, -0.15) is 0 Å². The molecule has 6 heterocycles. The van der Waals surface area contributed by atoms with Gasteiger partial charge in [-0.1, -0.05) is 29.8 Å². The number of anilines is 1. The average molecular weight is 766 g/mol. The Morgan fingerprint density at radius 1 is 1.11 bits per heavy atom. The number of alkyl halides is 1. The maximum Gasteiger partial charge on any atom is 0.292 e. The minimum Gasteiger partial charge on any atom is -0.443 e. The van der Waals surface area contributed by atoms with E-state index in [1.54, 1.807) is 12.3 Å². The highest BCUT2D eigenvalue weighted by molar-refractivity contribution is 6.30. The van der Waals surface area contributed by atoms with Gasteiger partial charge in [-0.05, 0) is 81.0 Å². The van der Waals surface area contributed by atoms with E-state index in [0.717, 1.165) is 59.9 Å². The molecule has 2 fully saturated rings. The number of hydrogen-bond acceptors (Lipinski definition) is 9. The lowest BCUT2D eigenvalue weighted by Crippen LogP contribution is -2.46. The van der Waals surface area contributed by atoms with Crippen molar-refractivity contribution in [2.24, 2.45) is 11.8 Å². The van der Waals surface area contributed by atoms with Crippen molar-refractivity contribution in [3.8, 4) is 11.5 Å². The van der Waals surface area contributed by atoms with Gasteiger partial charge in [-0.3, -0.25) is 25.5 Å². The molecule has 14 heteroatoms. The number of fused-ring (bicyclic) bond motifs is 3. The summed E-state index contributed by atoms with van der Waals surface area (Å²) in [6.07, 6.45) is 8.23. The van der Waals surface area contributed by atoms with Crippen LogP contribution in [0.25, 0.3) is 16.6 Å². The largest absolute Gasteiger partial charge is 0.443 e. The Hall–Kier alpha value is -4.82. The number of amides is 1. The Bertz CT molecular complexity index is 2270. The number of aryl methyl sites for hydroxylation is 1. The Morgan fingerprint density at radius 2 is 2.00 bits per heavy atom. The summed E-state index contributed by atoms with van der Waals surface area (Å²) >= 11 is 6.09. The molecular weight excluding hydrogens is 721 g/mol. The third kappa shape index (κ3) is 6.77. The molecule has 6 unspecified atom stereocenters. The molecule has 4 aliphatic rings. The number of aromatic nitrogens is 5. The minimum absolute atomic E-state index is 0.0711. The lowest BCUT2D eigenvalue weighted by molar-refractivity contribution is -0.122. The maximum atomic E-state index is 15.1. The van der Waals surface area contributed by atoms with Gasteiger partial charge in [0, 0.05) is 62.2 Å². The van der Waals surface area contributed by atoms with Crippen molar-refractivity contribution in [3.63, 3.8) is 0 Å². The van der Waals surface area contributed by atoms with E-state index in [-0.39, 0.29) is 30.3 Å². The highest BCUT2D eigenvalue weighted by atomic mass is 35.5. The number of hydrogen-bond donors (Lipinski definition) is 3. The molecule has 3 aliphatic heterocycles. The van der Waals surface area contributed by atoms with Crippen LogP contribution < -0.4 is 25.6 Å². The lowest BCUT2D eigenvalue weighted by atomic mass is 9.75. The summed E-state index contributed by atoms with van der Waals surface area (Å²) < 4.78 is 32.2. The zero-order chi connectivity index (χ0) is 37.8. The van der Waals surface area contributed by atoms with Gasteiger partial charge in [0.25, 0.3) is 5.79 Å². The Morgan fingerprint density at radius 3 is 2.80 bits per heavy atom. The monoisotopic (exact) mass is 765 g/mol. The minimum atomic E-state index is -1.07. The number of pyridine rings is 1. The van der Waals surface area contributed by atoms with Crippen LogP contribution >= 0.6 is 11.6 Å². The SMILES string of the molecule is CCn1cncc1Cn1c(CN2CC=C(c3cccc4c3OC(C)(c3ccc(Cl)cn3)O4)CC2)nc2cc(NC(=O)C3CC(F)C4NNC(C)C4C3)ccc21. The zero-order valence-electron chi connectivity index (χ0n) is 31.1. The molecule has 3 N–H and O–H groups in total. The molecule has 6 atom stereocenters. The predicted molar refractivity (Wildman–Crippen MR) is 208 cm³/mol. The van der Waals surface area contributed by atoms with Crippen LogP contribution in [-0.4, -0.2) is 66.2 Å². The topological polar surface area (TPSA) is 123 Å². The van der Waals surface area contributed by atoms with E-state index in [1.165, 1.54) is 5.57 Å². The third-order valence-corrected chi connectivity index (χ3v) is 12.0. The molecule has 12 nitrogen and oxygen atoms in total. The first-order valence-electron chi connectivity index (χ1n) is 19.1. The van der Waals surface area contributed by atoms with Gasteiger partial charge in [0.05, 0.1) is 47.2 Å². The van der Waals surface area contributed by atoms with E-state index in [4.69, 9.17) is 26.1 Å². The third-order valence-electron chi connectivity index (χ3n) is 11.7. The fourth-order valence-electron chi connectivity index (χ4n) is 8.67. The summed E-state index contributed by atoms with van der Waals surface area (Å²) in [7, 11) is 0. The van der Waals surface area contributed by atoms with E-state index in [2.05, 4.69) is 59.2 Å². The van der Waals surface area contributed by atoms with E-state index < -0.39 is 17.9 Å². The first-order chi connectivity index (χ1) is 26.7. The smallest absolute Gasteiger partial charge is 0.292 e. The number of benzene rings is 2. The molecule has 0 bridgehead atoms. The summed E-state index contributed by atoms with van der Waals surface area (Å²) in [5.74, 6) is 0.815. The Labute approximate surface area is 324 Å². The summed E-state index contributed by atoms with van der Waals surface area (Å²) in [5, 5.41) is 3.65. The molecule has 1 saturated carbocycles. The molecule has 9 rings (SSSR count). The van der Waals surface area contributed by atoms with Gasteiger partial charge in [-0.15, -0.1) is 0 Å². The molecule has 1 saturated heterocycles. The molecule has 3 aromatic heterocycles. The fourth-order valence-corrected chi connectivity index (χ4v) is 8.78. The number of carbonyl (C=O) groups excluding carboxylic acids is 1. The summed E-state index contributed by atoms with van der Waals surface area (Å²) in [4.78, 5) is 29.9. The van der Waals surface area contributed by atoms with Gasteiger partial charge in [-0.25, -0.2) is 14.4 Å². The highest BCUT2D eigenvalue weighted by Gasteiger charge is 2.46. The molecule has 286 valence electrons. The molecular formula is C41H45ClFN9O3. The van der Waals surface area contributed by atoms with Crippen LogP contribution in [0, 0.1) is 11.8 Å². The van der Waals surface area contributed by atoms with E-state index in [0.29, 0.717) is 41.7 Å². The number of hydrazine groups is 1. The van der Waals surface area contributed by atoms with Crippen molar-refractivity contribution in [1.29, 1.82) is 0 Å². The number of imidazole rings is 2. The molecule has 0 radical (unpaired) electrons. The second kappa shape index (κ2) is 14.4. The molecule has 1 amide bonds. The van der Waals surface area contributed by atoms with Crippen LogP contribution in [0.4, 0.5) is 10.1 Å². The summed E-state index contributed by atoms with van der Waals surface area (Å²) in [6, 6.07) is 15.4. The van der Waals surface area contributed by atoms with Crippen molar-refractivity contribution in [2.45, 2.75) is 83.7 Å². The molecule has 1 aliphatic carbocycles. The number of nitrogens with one attached hydrogen (secondary N) is 3. The zero-order valence-corrected chi connectivity index (χ0v) is 31.9. The normalized spacial score (nSPS) is 26.3. The number of rotatable bonds is 9. The van der Waals surface area contributed by atoms with Crippen molar-refractivity contribution < 1.29 is 18.7 Å². The lowest BCUT2D eigenvalue weighted by Gasteiger charge is -2.34. The maximum absolute atomic E-state index is 15.1. The number of carbonyl (C=O) groups is 1. The van der Waals surface area contributed by atoms with E-state index in [1.807, 2.05) is 62.8 Å². The Kier molecular flexibility index (Phi) is 9.36. The highest BCUT2D eigenvalue weighted by Crippen LogP contribution is 2.48. The average Bonchev–Trinajstić information content (AvgIpc) is 3.97. The number of nitrogens with zero attached hydrogens (tertiary/aromatic N) is 6. The quantitative estimate of drug-likeness (QED) is 0.155. The molecule has 55 heavy (non-hydrogen) atoms. The van der Waals surface area contributed by atoms with E-state index >= 15 is 4.39 Å². The predicted octanol–water partition coefficient (Wildman–Crippen LogP) is 6.45. The number of ether oxygens (including phenoxy) is 2. The second-order valence-corrected chi connectivity index (χ2v) is 15.7. The van der Waals surface area contributed by atoms with Crippen molar-refractivity contribution in [1.82, 2.24) is 39.8 Å². The Balaban J connectivity index is 0.941. The fraction of sp³-hybridized carbons (Fsp3) is 0.415. The van der Waals surface area contributed by atoms with Crippen molar-refractivity contribution >= 4 is 39.8 Å². The standard InChI is InChI=1S/C41H45ClFN9O3/c1-4-51-23-44-20-29(51)21-52-34-10-9-28(46-40(53)26-16-31-24(2)48-49-38(31)32(43)17-26)18-33(34)47-37(52)22-50-14-12-25(13-15-50)30-6-5-7-35-39(30)55-41(3,54-35)36-11-8-27(42)19-45-36/h5-12,18-20,23-24,26,31-32,38,48-49H,4,13-17,21-22H2,1-3H3,(H,46,53). The van der Waals surface area contributed by atoms with Crippen LogP contribution in [-0.2, 0) is 30.2 Å². The van der Waals surface area contributed by atoms with Gasteiger partial charge in [0.2, 0.25) is 5.91 Å². The van der Waals surface area contributed by atoms with Crippen LogP contribution in [0.15, 0.2) is 73.3 Å². The molecule has 2 aromatic carbocycles. The van der Waals surface area contributed by atoms with Gasteiger partial charge < -0.3 is 23.9 Å². The van der Waals surface area contributed by atoms with Crippen LogP contribution in [0.5, 0.6) is 11.5 Å². The van der Waals surface area contributed by atoms with Gasteiger partial charge >= 0.3 is 0 Å². The van der Waals surface area contributed by atoms with Crippen molar-refractivity contribution in [3.05, 3.63) is 101 Å². The summed E-state index contributed by atoms with van der Waals surface area (Å²) in [6.45, 7) is 9.63. The van der Waals surface area contributed by atoms with Gasteiger partial charge in [0.1, 0.15) is 17.7 Å². The summed E-state index contributed by atoms with van der Waals surface area (Å²) in [5.41, 5.74) is 12.6. The first-order valence-corrected chi connectivity index (χ1v) is 19.5. The number of halogens is 2. The van der Waals surface area contributed by atoms with Crippen LogP contribution in [0.3, 0.4) is 0 Å². The molecule has 5 aromatic rings.